The first-order valence-corrected chi connectivity index (χ1v) is 4.56. The fraction of sp³-hybridized carbons (Fsp3) is 0.455. The summed E-state index contributed by atoms with van der Waals surface area (Å²) in [7, 11) is 0. The third-order valence-corrected chi connectivity index (χ3v) is 1.87. The molecule has 72 valence electrons. The van der Waals surface area contributed by atoms with Crippen LogP contribution < -0.4 is 5.73 Å². The number of benzene rings is 1. The molecule has 0 fully saturated rings. The van der Waals surface area contributed by atoms with Crippen molar-refractivity contribution in [3.63, 3.8) is 0 Å². The number of hydrogen-bond acceptors (Lipinski definition) is 2. The third kappa shape index (κ3) is 3.07. The summed E-state index contributed by atoms with van der Waals surface area (Å²) in [5, 5.41) is 0. The smallest absolute Gasteiger partial charge is 0.0740 e. The predicted molar refractivity (Wildman–Crippen MR) is 55.5 cm³/mol. The van der Waals surface area contributed by atoms with E-state index in [1.54, 1.807) is 0 Å². The second-order valence-electron chi connectivity index (χ2n) is 3.56. The van der Waals surface area contributed by atoms with Crippen molar-refractivity contribution < 1.29 is 4.74 Å². The van der Waals surface area contributed by atoms with Gasteiger partial charge in [-0.05, 0) is 32.4 Å². The third-order valence-electron chi connectivity index (χ3n) is 1.87. The Morgan fingerprint density at radius 3 is 2.62 bits per heavy atom. The molecule has 0 aromatic heterocycles. The predicted octanol–water partition coefficient (Wildman–Crippen LogP) is 2.50. The Morgan fingerprint density at radius 1 is 1.38 bits per heavy atom. The van der Waals surface area contributed by atoms with Crippen molar-refractivity contribution in [3.8, 4) is 0 Å². The van der Waals surface area contributed by atoms with E-state index in [4.69, 9.17) is 10.5 Å². The lowest BCUT2D eigenvalue weighted by Crippen LogP contribution is -2.04. The molecule has 0 spiro atoms. The molecule has 0 aliphatic rings. The number of ether oxygens (including phenoxy) is 1. The fourth-order valence-electron chi connectivity index (χ4n) is 1.10. The van der Waals surface area contributed by atoms with Crippen LogP contribution in [-0.4, -0.2) is 6.10 Å². The van der Waals surface area contributed by atoms with Crippen molar-refractivity contribution in [2.24, 2.45) is 0 Å². The van der Waals surface area contributed by atoms with Gasteiger partial charge in [0, 0.05) is 11.3 Å². The Morgan fingerprint density at radius 2 is 2.08 bits per heavy atom. The monoisotopic (exact) mass is 179 g/mol. The highest BCUT2D eigenvalue weighted by atomic mass is 16.5. The van der Waals surface area contributed by atoms with Crippen LogP contribution in [0.4, 0.5) is 5.69 Å². The minimum absolute atomic E-state index is 0.251. The lowest BCUT2D eigenvalue weighted by molar-refractivity contribution is 0.0660. The second kappa shape index (κ2) is 4.28. The number of nitrogen functional groups attached to an aromatic ring is 1. The van der Waals surface area contributed by atoms with E-state index in [0.29, 0.717) is 6.61 Å². The SMILES string of the molecule is Cc1ccc(COC(C)C)c(N)c1. The van der Waals surface area contributed by atoms with Crippen LogP contribution in [0.5, 0.6) is 0 Å². The Labute approximate surface area is 79.7 Å². The van der Waals surface area contributed by atoms with Crippen molar-refractivity contribution >= 4 is 5.69 Å². The summed E-state index contributed by atoms with van der Waals surface area (Å²) in [6, 6.07) is 6.04. The van der Waals surface area contributed by atoms with E-state index in [2.05, 4.69) is 6.07 Å². The summed E-state index contributed by atoms with van der Waals surface area (Å²) in [4.78, 5) is 0. The van der Waals surface area contributed by atoms with E-state index in [9.17, 15) is 0 Å². The topological polar surface area (TPSA) is 35.2 Å². The van der Waals surface area contributed by atoms with Gasteiger partial charge in [-0.1, -0.05) is 12.1 Å². The molecule has 0 unspecified atom stereocenters. The zero-order chi connectivity index (χ0) is 9.84. The molecule has 0 heterocycles. The zero-order valence-corrected chi connectivity index (χ0v) is 8.50. The fourth-order valence-corrected chi connectivity index (χ4v) is 1.10. The maximum absolute atomic E-state index is 5.83. The van der Waals surface area contributed by atoms with Crippen LogP contribution >= 0.6 is 0 Å². The highest BCUT2D eigenvalue weighted by Crippen LogP contribution is 2.15. The maximum Gasteiger partial charge on any atom is 0.0740 e. The van der Waals surface area contributed by atoms with Crippen LogP contribution in [0.3, 0.4) is 0 Å². The summed E-state index contributed by atoms with van der Waals surface area (Å²) in [6.07, 6.45) is 0.251. The molecule has 0 saturated carbocycles. The first-order valence-electron chi connectivity index (χ1n) is 4.56. The van der Waals surface area contributed by atoms with Gasteiger partial charge in [-0.3, -0.25) is 0 Å². The number of anilines is 1. The minimum Gasteiger partial charge on any atom is -0.398 e. The summed E-state index contributed by atoms with van der Waals surface area (Å²) < 4.78 is 5.47. The van der Waals surface area contributed by atoms with Crippen LogP contribution in [0.2, 0.25) is 0 Å². The lowest BCUT2D eigenvalue weighted by atomic mass is 10.1. The molecule has 0 aliphatic heterocycles. The number of nitrogens with two attached hydrogens (primary N) is 1. The quantitative estimate of drug-likeness (QED) is 0.723. The number of hydrogen-bond donors (Lipinski definition) is 1. The Kier molecular flexibility index (Phi) is 3.32. The van der Waals surface area contributed by atoms with Gasteiger partial charge >= 0.3 is 0 Å². The standard InChI is InChI=1S/C11H17NO/c1-8(2)13-7-10-5-4-9(3)6-11(10)12/h4-6,8H,7,12H2,1-3H3. The zero-order valence-electron chi connectivity index (χ0n) is 8.50. The number of aryl methyl sites for hydroxylation is 1. The normalized spacial score (nSPS) is 10.8. The van der Waals surface area contributed by atoms with Gasteiger partial charge in [0.25, 0.3) is 0 Å². The average molecular weight is 179 g/mol. The van der Waals surface area contributed by atoms with Gasteiger partial charge in [0.1, 0.15) is 0 Å². The largest absolute Gasteiger partial charge is 0.398 e. The molecule has 1 aromatic rings. The molecule has 0 bridgehead atoms. The maximum atomic E-state index is 5.83. The van der Waals surface area contributed by atoms with E-state index < -0.39 is 0 Å². The van der Waals surface area contributed by atoms with Crippen LogP contribution in [0, 0.1) is 6.92 Å². The van der Waals surface area contributed by atoms with Gasteiger partial charge < -0.3 is 10.5 Å². The van der Waals surface area contributed by atoms with Crippen molar-refractivity contribution in [1.29, 1.82) is 0 Å². The summed E-state index contributed by atoms with van der Waals surface area (Å²) in [5.74, 6) is 0. The Hall–Kier alpha value is -1.02. The van der Waals surface area contributed by atoms with Gasteiger partial charge in [0.05, 0.1) is 12.7 Å². The molecule has 2 N–H and O–H groups in total. The molecule has 0 amide bonds. The molecule has 1 aromatic carbocycles. The van der Waals surface area contributed by atoms with Gasteiger partial charge in [-0.2, -0.15) is 0 Å². The van der Waals surface area contributed by atoms with E-state index in [1.165, 1.54) is 5.56 Å². The molecule has 2 heteroatoms. The molecule has 0 aliphatic carbocycles. The van der Waals surface area contributed by atoms with Gasteiger partial charge in [-0.15, -0.1) is 0 Å². The number of rotatable bonds is 3. The van der Waals surface area contributed by atoms with Crippen molar-refractivity contribution in [2.45, 2.75) is 33.5 Å². The van der Waals surface area contributed by atoms with Gasteiger partial charge in [0.15, 0.2) is 0 Å². The highest BCUT2D eigenvalue weighted by molar-refractivity contribution is 5.48. The van der Waals surface area contributed by atoms with E-state index in [1.807, 2.05) is 32.9 Å². The van der Waals surface area contributed by atoms with Crippen molar-refractivity contribution in [3.05, 3.63) is 29.3 Å². The lowest BCUT2D eigenvalue weighted by Gasteiger charge is -2.09. The van der Waals surface area contributed by atoms with Crippen LogP contribution in [0.15, 0.2) is 18.2 Å². The Balaban J connectivity index is 2.67. The summed E-state index contributed by atoms with van der Waals surface area (Å²) in [5.41, 5.74) is 8.90. The molecule has 0 atom stereocenters. The summed E-state index contributed by atoms with van der Waals surface area (Å²) in [6.45, 7) is 6.67. The van der Waals surface area contributed by atoms with E-state index in [0.717, 1.165) is 11.3 Å². The first-order chi connectivity index (χ1) is 6.09. The summed E-state index contributed by atoms with van der Waals surface area (Å²) >= 11 is 0. The minimum atomic E-state index is 0.251. The molecule has 0 saturated heterocycles. The van der Waals surface area contributed by atoms with Crippen LogP contribution in [0.1, 0.15) is 25.0 Å². The first kappa shape index (κ1) is 10.1. The molecule has 13 heavy (non-hydrogen) atoms. The molecule has 2 nitrogen and oxygen atoms in total. The van der Waals surface area contributed by atoms with Gasteiger partial charge in [0.2, 0.25) is 0 Å². The van der Waals surface area contributed by atoms with Crippen LogP contribution in [-0.2, 0) is 11.3 Å². The molecule has 1 rings (SSSR count). The van der Waals surface area contributed by atoms with Gasteiger partial charge in [-0.25, -0.2) is 0 Å². The van der Waals surface area contributed by atoms with E-state index >= 15 is 0 Å². The van der Waals surface area contributed by atoms with Crippen LogP contribution in [0.25, 0.3) is 0 Å². The van der Waals surface area contributed by atoms with Crippen molar-refractivity contribution in [1.82, 2.24) is 0 Å². The molecule has 0 radical (unpaired) electrons. The average Bonchev–Trinajstić information content (AvgIpc) is 2.02. The van der Waals surface area contributed by atoms with E-state index in [-0.39, 0.29) is 6.10 Å². The van der Waals surface area contributed by atoms with Crippen molar-refractivity contribution in [2.75, 3.05) is 5.73 Å². The highest BCUT2D eigenvalue weighted by Gasteiger charge is 2.00. The Bertz CT molecular complexity index is 281. The second-order valence-corrected chi connectivity index (χ2v) is 3.56. The molecular formula is C11H17NO. The molecular weight excluding hydrogens is 162 g/mol.